The Balaban J connectivity index is 2.47. The standard InChI is InChI=1S/C22H33NO/c1-7-15-24-19-12-11-17(5)21(16-19)22(9-3)13-14-23(10-4)18(6)20(22)8-2/h1,11-12,16,18,20H,8-10,13-15H2,2-6H3. The van der Waals surface area contributed by atoms with Crippen LogP contribution in [0.2, 0.25) is 0 Å². The third-order valence-electron chi connectivity index (χ3n) is 6.26. The molecule has 1 saturated heterocycles. The van der Waals surface area contributed by atoms with E-state index in [-0.39, 0.29) is 5.41 Å². The summed E-state index contributed by atoms with van der Waals surface area (Å²) in [5.41, 5.74) is 3.08. The SMILES string of the molecule is C#CCOc1ccc(C)c(C2(CC)CCN(CC)C(C)C2CC)c1. The Kier molecular flexibility index (Phi) is 6.35. The highest BCUT2D eigenvalue weighted by molar-refractivity contribution is 5.41. The summed E-state index contributed by atoms with van der Waals surface area (Å²) in [5.74, 6) is 4.13. The average Bonchev–Trinajstić information content (AvgIpc) is 2.60. The molecule has 0 amide bonds. The van der Waals surface area contributed by atoms with Gasteiger partial charge in [0.2, 0.25) is 0 Å². The topological polar surface area (TPSA) is 12.5 Å². The van der Waals surface area contributed by atoms with Crippen LogP contribution in [0.4, 0.5) is 0 Å². The summed E-state index contributed by atoms with van der Waals surface area (Å²) in [5, 5.41) is 0. The Hall–Kier alpha value is -1.46. The summed E-state index contributed by atoms with van der Waals surface area (Å²) < 4.78 is 5.72. The number of ether oxygens (including phenoxy) is 1. The van der Waals surface area contributed by atoms with Gasteiger partial charge in [-0.25, -0.2) is 0 Å². The molecule has 0 radical (unpaired) electrons. The molecule has 2 nitrogen and oxygen atoms in total. The van der Waals surface area contributed by atoms with Gasteiger partial charge in [0.05, 0.1) is 0 Å². The Morgan fingerprint density at radius 3 is 2.67 bits per heavy atom. The first-order valence-corrected chi connectivity index (χ1v) is 9.45. The van der Waals surface area contributed by atoms with Crippen molar-refractivity contribution in [2.24, 2.45) is 5.92 Å². The number of rotatable bonds is 6. The van der Waals surface area contributed by atoms with Gasteiger partial charge in [-0.3, -0.25) is 0 Å². The molecule has 2 rings (SSSR count). The molecule has 1 aromatic carbocycles. The molecular weight excluding hydrogens is 294 g/mol. The van der Waals surface area contributed by atoms with Crippen molar-refractivity contribution in [3.05, 3.63) is 29.3 Å². The predicted molar refractivity (Wildman–Crippen MR) is 103 cm³/mol. The van der Waals surface area contributed by atoms with Gasteiger partial charge >= 0.3 is 0 Å². The van der Waals surface area contributed by atoms with Gasteiger partial charge in [0.15, 0.2) is 0 Å². The minimum Gasteiger partial charge on any atom is -0.481 e. The maximum absolute atomic E-state index is 5.72. The zero-order chi connectivity index (χ0) is 17.7. The maximum atomic E-state index is 5.72. The second-order valence-electron chi connectivity index (χ2n) is 7.11. The summed E-state index contributed by atoms with van der Waals surface area (Å²) >= 11 is 0. The molecule has 1 heterocycles. The van der Waals surface area contributed by atoms with Crippen LogP contribution in [0.15, 0.2) is 18.2 Å². The molecule has 0 aromatic heterocycles. The Bertz CT molecular complexity index is 588. The first kappa shape index (κ1) is 18.9. The molecule has 1 fully saturated rings. The zero-order valence-corrected chi connectivity index (χ0v) is 16.1. The number of hydrogen-bond acceptors (Lipinski definition) is 2. The fourth-order valence-electron chi connectivity index (χ4n) is 4.94. The van der Waals surface area contributed by atoms with E-state index < -0.39 is 0 Å². The lowest BCUT2D eigenvalue weighted by molar-refractivity contribution is 0.0333. The van der Waals surface area contributed by atoms with Crippen LogP contribution in [-0.4, -0.2) is 30.6 Å². The van der Waals surface area contributed by atoms with Gasteiger partial charge in [0.25, 0.3) is 0 Å². The summed E-state index contributed by atoms with van der Waals surface area (Å²) in [6.45, 7) is 14.3. The summed E-state index contributed by atoms with van der Waals surface area (Å²) in [6.07, 6.45) is 8.96. The number of aryl methyl sites for hydroxylation is 1. The van der Waals surface area contributed by atoms with Crippen LogP contribution in [0.5, 0.6) is 5.75 Å². The largest absolute Gasteiger partial charge is 0.481 e. The van der Waals surface area contributed by atoms with Crippen molar-refractivity contribution in [3.63, 3.8) is 0 Å². The molecule has 1 aliphatic heterocycles. The molecule has 2 heteroatoms. The van der Waals surface area contributed by atoms with Crippen LogP contribution < -0.4 is 4.74 Å². The fraction of sp³-hybridized carbons (Fsp3) is 0.636. The smallest absolute Gasteiger partial charge is 0.148 e. The fourth-order valence-corrected chi connectivity index (χ4v) is 4.94. The molecule has 0 N–H and O–H groups in total. The third kappa shape index (κ3) is 3.33. The Morgan fingerprint density at radius 1 is 1.33 bits per heavy atom. The van der Waals surface area contributed by atoms with Crippen LogP contribution in [0.25, 0.3) is 0 Å². The van der Waals surface area contributed by atoms with Crippen molar-refractivity contribution in [2.75, 3.05) is 19.7 Å². The van der Waals surface area contributed by atoms with Gasteiger partial charge < -0.3 is 9.64 Å². The Labute approximate surface area is 148 Å². The number of likely N-dealkylation sites (tertiary alicyclic amines) is 1. The van der Waals surface area contributed by atoms with Gasteiger partial charge in [-0.05, 0) is 69.0 Å². The van der Waals surface area contributed by atoms with Gasteiger partial charge in [0, 0.05) is 11.5 Å². The lowest BCUT2D eigenvalue weighted by Crippen LogP contribution is -2.54. The lowest BCUT2D eigenvalue weighted by Gasteiger charge is -2.52. The molecule has 24 heavy (non-hydrogen) atoms. The third-order valence-corrected chi connectivity index (χ3v) is 6.26. The lowest BCUT2D eigenvalue weighted by atomic mass is 9.60. The molecule has 0 saturated carbocycles. The normalized spacial score (nSPS) is 27.7. The van der Waals surface area contributed by atoms with Gasteiger partial charge in [-0.1, -0.05) is 39.2 Å². The van der Waals surface area contributed by atoms with Crippen LogP contribution in [-0.2, 0) is 5.41 Å². The minimum absolute atomic E-state index is 0.236. The first-order chi connectivity index (χ1) is 11.5. The second-order valence-corrected chi connectivity index (χ2v) is 7.11. The highest BCUT2D eigenvalue weighted by Gasteiger charge is 2.46. The van der Waals surface area contributed by atoms with E-state index in [1.807, 2.05) is 6.07 Å². The van der Waals surface area contributed by atoms with Crippen LogP contribution in [0, 0.1) is 25.2 Å². The minimum atomic E-state index is 0.236. The van der Waals surface area contributed by atoms with E-state index in [1.165, 1.54) is 36.9 Å². The van der Waals surface area contributed by atoms with E-state index in [1.54, 1.807) is 0 Å². The molecule has 132 valence electrons. The van der Waals surface area contributed by atoms with E-state index >= 15 is 0 Å². The van der Waals surface area contributed by atoms with Crippen LogP contribution >= 0.6 is 0 Å². The zero-order valence-electron chi connectivity index (χ0n) is 16.1. The molecule has 3 atom stereocenters. The van der Waals surface area contributed by atoms with Crippen LogP contribution in [0.3, 0.4) is 0 Å². The first-order valence-electron chi connectivity index (χ1n) is 9.45. The summed E-state index contributed by atoms with van der Waals surface area (Å²) in [6, 6.07) is 7.11. The number of benzene rings is 1. The van der Waals surface area contributed by atoms with E-state index in [0.29, 0.717) is 18.6 Å². The van der Waals surface area contributed by atoms with Gasteiger partial charge in [-0.2, -0.15) is 0 Å². The molecule has 0 bridgehead atoms. The number of hydrogen-bond donors (Lipinski definition) is 0. The summed E-state index contributed by atoms with van der Waals surface area (Å²) in [4.78, 5) is 2.64. The summed E-state index contributed by atoms with van der Waals surface area (Å²) in [7, 11) is 0. The van der Waals surface area contributed by atoms with Crippen molar-refractivity contribution in [3.8, 4) is 18.1 Å². The second kappa shape index (κ2) is 8.08. The predicted octanol–water partition coefficient (Wildman–Crippen LogP) is 4.80. The van der Waals surface area contributed by atoms with E-state index in [0.717, 1.165) is 12.3 Å². The van der Waals surface area contributed by atoms with E-state index in [9.17, 15) is 0 Å². The van der Waals surface area contributed by atoms with E-state index in [4.69, 9.17) is 11.2 Å². The van der Waals surface area contributed by atoms with Crippen molar-refractivity contribution in [2.45, 2.75) is 65.3 Å². The van der Waals surface area contributed by atoms with Crippen LogP contribution in [0.1, 0.15) is 58.1 Å². The number of piperidine rings is 1. The molecule has 0 aliphatic carbocycles. The van der Waals surface area contributed by atoms with Crippen molar-refractivity contribution in [1.82, 2.24) is 4.90 Å². The highest BCUT2D eigenvalue weighted by Crippen LogP contribution is 2.48. The molecule has 1 aliphatic rings. The van der Waals surface area contributed by atoms with Crippen molar-refractivity contribution >= 4 is 0 Å². The van der Waals surface area contributed by atoms with Crippen molar-refractivity contribution < 1.29 is 4.74 Å². The molecule has 1 aromatic rings. The quantitative estimate of drug-likeness (QED) is 0.696. The molecular formula is C22H33NO. The Morgan fingerprint density at radius 2 is 2.08 bits per heavy atom. The molecule has 0 spiro atoms. The van der Waals surface area contributed by atoms with Gasteiger partial charge in [0.1, 0.15) is 12.4 Å². The monoisotopic (exact) mass is 327 g/mol. The van der Waals surface area contributed by atoms with Gasteiger partial charge in [-0.15, -0.1) is 6.42 Å². The number of terminal acetylenes is 1. The van der Waals surface area contributed by atoms with E-state index in [2.05, 4.69) is 57.6 Å². The molecule has 3 unspecified atom stereocenters. The maximum Gasteiger partial charge on any atom is 0.148 e. The van der Waals surface area contributed by atoms with Crippen molar-refractivity contribution in [1.29, 1.82) is 0 Å². The average molecular weight is 328 g/mol. The highest BCUT2D eigenvalue weighted by atomic mass is 16.5. The number of nitrogens with zero attached hydrogens (tertiary/aromatic N) is 1.